The predicted molar refractivity (Wildman–Crippen MR) is 120 cm³/mol. The molecule has 3 aromatic rings. The molecular formula is C25H27N3O3. The number of piperidine rings is 1. The Morgan fingerprint density at radius 2 is 1.55 bits per heavy atom. The van der Waals surface area contributed by atoms with Gasteiger partial charge in [-0.25, -0.2) is 0 Å². The van der Waals surface area contributed by atoms with E-state index in [2.05, 4.69) is 5.32 Å². The third-order valence-electron chi connectivity index (χ3n) is 5.56. The fraction of sp³-hybridized carbons (Fsp3) is 0.280. The topological polar surface area (TPSA) is 63.6 Å². The summed E-state index contributed by atoms with van der Waals surface area (Å²) in [4.78, 5) is 27.2. The number of carbonyl (C=O) groups excluding carboxylic acids is 2. The van der Waals surface area contributed by atoms with E-state index < -0.39 is 0 Å². The molecule has 2 heterocycles. The SMILES string of the molecule is CCOc1ccc(C(=O)NC2CCN(C(=O)c3ccc(-n4cccc4)cc3)CC2)cc1. The van der Waals surface area contributed by atoms with Crippen molar-refractivity contribution < 1.29 is 14.3 Å². The van der Waals surface area contributed by atoms with Crippen molar-refractivity contribution in [1.82, 2.24) is 14.8 Å². The van der Waals surface area contributed by atoms with Crippen molar-refractivity contribution in [3.63, 3.8) is 0 Å². The van der Waals surface area contributed by atoms with Gasteiger partial charge in [0, 0.05) is 48.3 Å². The van der Waals surface area contributed by atoms with Crippen LogP contribution in [0.25, 0.3) is 5.69 Å². The first-order chi connectivity index (χ1) is 15.1. The number of carbonyl (C=O) groups is 2. The molecule has 1 aliphatic rings. The Balaban J connectivity index is 1.29. The average Bonchev–Trinajstić information content (AvgIpc) is 3.35. The summed E-state index contributed by atoms with van der Waals surface area (Å²) in [5, 5.41) is 3.09. The zero-order valence-corrected chi connectivity index (χ0v) is 17.7. The molecule has 1 N–H and O–H groups in total. The van der Waals surface area contributed by atoms with Crippen molar-refractivity contribution in [1.29, 1.82) is 0 Å². The first kappa shape index (κ1) is 20.7. The fourth-order valence-corrected chi connectivity index (χ4v) is 3.83. The minimum atomic E-state index is -0.0894. The van der Waals surface area contributed by atoms with Crippen LogP contribution in [-0.2, 0) is 0 Å². The smallest absolute Gasteiger partial charge is 0.253 e. The van der Waals surface area contributed by atoms with Gasteiger partial charge in [0.2, 0.25) is 0 Å². The van der Waals surface area contributed by atoms with Gasteiger partial charge in [-0.2, -0.15) is 0 Å². The third kappa shape index (κ3) is 4.97. The second kappa shape index (κ2) is 9.51. The van der Waals surface area contributed by atoms with Crippen LogP contribution in [0, 0.1) is 0 Å². The van der Waals surface area contributed by atoms with Gasteiger partial charge < -0.3 is 19.5 Å². The van der Waals surface area contributed by atoms with Crippen molar-refractivity contribution in [2.24, 2.45) is 0 Å². The van der Waals surface area contributed by atoms with E-state index in [1.165, 1.54) is 0 Å². The van der Waals surface area contributed by atoms with Gasteiger partial charge >= 0.3 is 0 Å². The van der Waals surface area contributed by atoms with Gasteiger partial charge in [-0.1, -0.05) is 0 Å². The van der Waals surface area contributed by atoms with Gasteiger partial charge in [-0.3, -0.25) is 9.59 Å². The van der Waals surface area contributed by atoms with Crippen LogP contribution >= 0.6 is 0 Å². The highest BCUT2D eigenvalue weighted by molar-refractivity contribution is 5.95. The summed E-state index contributed by atoms with van der Waals surface area (Å²) in [6.07, 6.45) is 5.44. The summed E-state index contributed by atoms with van der Waals surface area (Å²) in [7, 11) is 0. The Morgan fingerprint density at radius 3 is 2.16 bits per heavy atom. The molecule has 0 bridgehead atoms. The van der Waals surface area contributed by atoms with Crippen molar-refractivity contribution in [3.8, 4) is 11.4 Å². The van der Waals surface area contributed by atoms with E-state index in [1.54, 1.807) is 24.3 Å². The van der Waals surface area contributed by atoms with Crippen LogP contribution in [0.2, 0.25) is 0 Å². The standard InChI is InChI=1S/C25H27N3O3/c1-2-31-23-11-7-19(8-12-23)24(29)26-21-13-17-28(18-14-21)25(30)20-5-9-22(10-6-20)27-15-3-4-16-27/h3-12,15-16,21H,2,13-14,17-18H2,1H3,(H,26,29). The van der Waals surface area contributed by atoms with Gasteiger partial charge in [0.05, 0.1) is 6.61 Å². The van der Waals surface area contributed by atoms with Crippen molar-refractivity contribution in [3.05, 3.63) is 84.2 Å². The zero-order valence-electron chi connectivity index (χ0n) is 17.7. The van der Waals surface area contributed by atoms with Crippen molar-refractivity contribution in [2.45, 2.75) is 25.8 Å². The molecule has 160 valence electrons. The number of nitrogens with zero attached hydrogens (tertiary/aromatic N) is 2. The Kier molecular flexibility index (Phi) is 6.36. The Bertz CT molecular complexity index is 1000. The number of hydrogen-bond acceptors (Lipinski definition) is 3. The number of nitrogens with one attached hydrogen (secondary N) is 1. The quantitative estimate of drug-likeness (QED) is 0.661. The number of ether oxygens (including phenoxy) is 1. The molecule has 0 spiro atoms. The van der Waals surface area contributed by atoms with Crippen LogP contribution in [0.3, 0.4) is 0 Å². The summed E-state index contributed by atoms with van der Waals surface area (Å²) in [5.74, 6) is 0.705. The Morgan fingerprint density at radius 1 is 0.935 bits per heavy atom. The van der Waals surface area contributed by atoms with E-state index in [-0.39, 0.29) is 17.9 Å². The monoisotopic (exact) mass is 417 g/mol. The maximum absolute atomic E-state index is 12.9. The van der Waals surface area contributed by atoms with Crippen LogP contribution in [0.5, 0.6) is 5.75 Å². The molecule has 1 aromatic heterocycles. The number of likely N-dealkylation sites (tertiary alicyclic amines) is 1. The second-order valence-corrected chi connectivity index (χ2v) is 7.63. The highest BCUT2D eigenvalue weighted by Gasteiger charge is 2.25. The largest absolute Gasteiger partial charge is 0.494 e. The summed E-state index contributed by atoms with van der Waals surface area (Å²) in [6.45, 7) is 3.79. The maximum Gasteiger partial charge on any atom is 0.253 e. The second-order valence-electron chi connectivity index (χ2n) is 7.63. The number of amides is 2. The summed E-state index contributed by atoms with van der Waals surface area (Å²) in [5.41, 5.74) is 2.33. The number of aromatic nitrogens is 1. The number of rotatable bonds is 6. The molecule has 6 heteroatoms. The molecule has 1 aliphatic heterocycles. The molecule has 0 unspecified atom stereocenters. The highest BCUT2D eigenvalue weighted by Crippen LogP contribution is 2.17. The van der Waals surface area contributed by atoms with Crippen LogP contribution in [0.15, 0.2) is 73.1 Å². The molecule has 0 atom stereocenters. The first-order valence-electron chi connectivity index (χ1n) is 10.7. The summed E-state index contributed by atoms with van der Waals surface area (Å²) in [6, 6.07) is 18.8. The molecule has 2 aromatic carbocycles. The maximum atomic E-state index is 12.9. The number of benzene rings is 2. The van der Waals surface area contributed by atoms with E-state index >= 15 is 0 Å². The summed E-state index contributed by atoms with van der Waals surface area (Å²) >= 11 is 0. The predicted octanol–water partition coefficient (Wildman–Crippen LogP) is 3.91. The van der Waals surface area contributed by atoms with Crippen molar-refractivity contribution in [2.75, 3.05) is 19.7 Å². The van der Waals surface area contributed by atoms with E-state index in [9.17, 15) is 9.59 Å². The molecule has 0 saturated carbocycles. The minimum Gasteiger partial charge on any atom is -0.494 e. The van der Waals surface area contributed by atoms with Gasteiger partial charge in [0.25, 0.3) is 11.8 Å². The van der Waals surface area contributed by atoms with E-state index in [1.807, 2.05) is 65.2 Å². The molecule has 4 rings (SSSR count). The van der Waals surface area contributed by atoms with Gasteiger partial charge in [0.15, 0.2) is 0 Å². The van der Waals surface area contributed by atoms with Crippen molar-refractivity contribution >= 4 is 11.8 Å². The lowest BCUT2D eigenvalue weighted by Gasteiger charge is -2.32. The van der Waals surface area contributed by atoms with Gasteiger partial charge in [0.1, 0.15) is 5.75 Å². The van der Waals surface area contributed by atoms with Crippen LogP contribution in [0.4, 0.5) is 0 Å². The van der Waals surface area contributed by atoms with Gasteiger partial charge in [-0.15, -0.1) is 0 Å². The lowest BCUT2D eigenvalue weighted by molar-refractivity contribution is 0.0698. The Hall–Kier alpha value is -3.54. The van der Waals surface area contributed by atoms with Crippen LogP contribution in [-0.4, -0.2) is 47.0 Å². The average molecular weight is 418 g/mol. The lowest BCUT2D eigenvalue weighted by atomic mass is 10.0. The molecule has 2 amide bonds. The van der Waals surface area contributed by atoms with Gasteiger partial charge in [-0.05, 0) is 80.4 Å². The molecule has 0 radical (unpaired) electrons. The minimum absolute atomic E-state index is 0.0374. The molecular weight excluding hydrogens is 390 g/mol. The molecule has 1 saturated heterocycles. The van der Waals surface area contributed by atoms with E-state index in [0.29, 0.717) is 30.8 Å². The molecule has 6 nitrogen and oxygen atoms in total. The van der Waals surface area contributed by atoms with Crippen LogP contribution < -0.4 is 10.1 Å². The molecule has 31 heavy (non-hydrogen) atoms. The zero-order chi connectivity index (χ0) is 21.6. The molecule has 1 fully saturated rings. The molecule has 0 aliphatic carbocycles. The lowest BCUT2D eigenvalue weighted by Crippen LogP contribution is -2.46. The number of hydrogen-bond donors (Lipinski definition) is 1. The first-order valence-corrected chi connectivity index (χ1v) is 10.7. The highest BCUT2D eigenvalue weighted by atomic mass is 16.5. The Labute approximate surface area is 182 Å². The third-order valence-corrected chi connectivity index (χ3v) is 5.56. The van der Waals surface area contributed by atoms with E-state index in [0.717, 1.165) is 24.3 Å². The normalized spacial score (nSPS) is 14.3. The van der Waals surface area contributed by atoms with Crippen LogP contribution in [0.1, 0.15) is 40.5 Å². The summed E-state index contributed by atoms with van der Waals surface area (Å²) < 4.78 is 7.42. The van der Waals surface area contributed by atoms with E-state index in [4.69, 9.17) is 4.74 Å². The fourth-order valence-electron chi connectivity index (χ4n) is 3.83.